The van der Waals surface area contributed by atoms with Crippen molar-refractivity contribution in [1.29, 1.82) is 0 Å². The minimum Gasteiger partial charge on any atom is -0.497 e. The zero-order valence-corrected chi connectivity index (χ0v) is 11.8. The molecule has 0 aliphatic heterocycles. The van der Waals surface area contributed by atoms with E-state index in [0.29, 0.717) is 17.1 Å². The molecule has 0 saturated carbocycles. The van der Waals surface area contributed by atoms with E-state index in [4.69, 9.17) is 9.47 Å². The van der Waals surface area contributed by atoms with Crippen LogP contribution < -0.4 is 9.47 Å². The summed E-state index contributed by atoms with van der Waals surface area (Å²) in [6.45, 7) is 0. The molecule has 0 aromatic heterocycles. The highest BCUT2D eigenvalue weighted by atomic mass is 19.1. The summed E-state index contributed by atoms with van der Waals surface area (Å²) in [7, 11) is 3.00. The minimum absolute atomic E-state index is 0.0226. The van der Waals surface area contributed by atoms with Crippen LogP contribution in [0.2, 0.25) is 0 Å². The maximum Gasteiger partial charge on any atom is 0.129 e. The Labute approximate surface area is 121 Å². The van der Waals surface area contributed by atoms with Crippen molar-refractivity contribution in [3.05, 3.63) is 59.2 Å². The van der Waals surface area contributed by atoms with Gasteiger partial charge >= 0.3 is 0 Å². The molecule has 1 N–H and O–H groups in total. The molecule has 0 spiro atoms. The summed E-state index contributed by atoms with van der Waals surface area (Å²) in [5, 5.41) is 10.3. The van der Waals surface area contributed by atoms with E-state index in [1.165, 1.54) is 20.3 Å². The summed E-state index contributed by atoms with van der Waals surface area (Å²) >= 11 is 0. The number of aliphatic hydroxyl groups is 1. The molecule has 0 saturated heterocycles. The van der Waals surface area contributed by atoms with Crippen molar-refractivity contribution in [2.24, 2.45) is 0 Å². The van der Waals surface area contributed by atoms with Gasteiger partial charge in [0.15, 0.2) is 0 Å². The van der Waals surface area contributed by atoms with Crippen LogP contribution in [0.15, 0.2) is 36.4 Å². The normalized spacial score (nSPS) is 12.0. The molecule has 0 fully saturated rings. The fraction of sp³-hybridized carbons (Fsp3) is 0.250. The van der Waals surface area contributed by atoms with Gasteiger partial charge in [0, 0.05) is 24.1 Å². The predicted octanol–water partition coefficient (Wildman–Crippen LogP) is 3.26. The molecule has 21 heavy (non-hydrogen) atoms. The number of methoxy groups -OCH3 is 2. The van der Waals surface area contributed by atoms with Gasteiger partial charge in [-0.1, -0.05) is 6.07 Å². The zero-order chi connectivity index (χ0) is 15.4. The molecule has 3 nitrogen and oxygen atoms in total. The monoisotopic (exact) mass is 294 g/mol. The van der Waals surface area contributed by atoms with Crippen LogP contribution in [0.4, 0.5) is 8.78 Å². The second kappa shape index (κ2) is 6.54. The van der Waals surface area contributed by atoms with Crippen LogP contribution in [0.5, 0.6) is 11.5 Å². The van der Waals surface area contributed by atoms with Gasteiger partial charge in [0.25, 0.3) is 0 Å². The average molecular weight is 294 g/mol. The molecule has 1 atom stereocenters. The van der Waals surface area contributed by atoms with Gasteiger partial charge in [-0.05, 0) is 23.8 Å². The Kier molecular flexibility index (Phi) is 4.75. The van der Waals surface area contributed by atoms with Crippen molar-refractivity contribution >= 4 is 0 Å². The van der Waals surface area contributed by atoms with Gasteiger partial charge in [-0.25, -0.2) is 8.78 Å². The van der Waals surface area contributed by atoms with Gasteiger partial charge in [0.1, 0.15) is 23.1 Å². The maximum atomic E-state index is 13.6. The number of ether oxygens (including phenoxy) is 2. The molecule has 0 amide bonds. The van der Waals surface area contributed by atoms with Gasteiger partial charge in [0.05, 0.1) is 20.3 Å². The van der Waals surface area contributed by atoms with E-state index in [0.717, 1.165) is 12.1 Å². The van der Waals surface area contributed by atoms with Gasteiger partial charge in [-0.3, -0.25) is 0 Å². The van der Waals surface area contributed by atoms with E-state index in [1.54, 1.807) is 18.2 Å². The van der Waals surface area contributed by atoms with E-state index < -0.39 is 17.7 Å². The third-order valence-electron chi connectivity index (χ3n) is 3.23. The fourth-order valence-electron chi connectivity index (χ4n) is 2.10. The Morgan fingerprint density at radius 2 is 1.81 bits per heavy atom. The largest absolute Gasteiger partial charge is 0.497 e. The average Bonchev–Trinajstić information content (AvgIpc) is 2.49. The number of hydrogen-bond donors (Lipinski definition) is 1. The van der Waals surface area contributed by atoms with Crippen LogP contribution in [0.1, 0.15) is 17.2 Å². The predicted molar refractivity (Wildman–Crippen MR) is 74.6 cm³/mol. The van der Waals surface area contributed by atoms with Crippen LogP contribution in [0.25, 0.3) is 0 Å². The van der Waals surface area contributed by atoms with Gasteiger partial charge in [-0.15, -0.1) is 0 Å². The Morgan fingerprint density at radius 3 is 2.43 bits per heavy atom. The Morgan fingerprint density at radius 1 is 1.05 bits per heavy atom. The lowest BCUT2D eigenvalue weighted by Gasteiger charge is -2.16. The number of halogens is 2. The summed E-state index contributed by atoms with van der Waals surface area (Å²) in [6.07, 6.45) is -0.944. The van der Waals surface area contributed by atoms with E-state index in [2.05, 4.69) is 0 Å². The molecule has 2 rings (SSSR count). The maximum absolute atomic E-state index is 13.6. The molecule has 0 radical (unpaired) electrons. The SMILES string of the molecule is COc1ccc(C(O)Cc2ccc(F)cc2F)c(OC)c1. The lowest BCUT2D eigenvalue weighted by Crippen LogP contribution is -2.06. The molecule has 5 heteroatoms. The molecule has 0 aliphatic carbocycles. The first kappa shape index (κ1) is 15.3. The molecule has 0 heterocycles. The highest BCUT2D eigenvalue weighted by molar-refractivity contribution is 5.42. The smallest absolute Gasteiger partial charge is 0.129 e. The lowest BCUT2D eigenvalue weighted by molar-refractivity contribution is 0.172. The van der Waals surface area contributed by atoms with Gasteiger partial charge in [0.2, 0.25) is 0 Å². The van der Waals surface area contributed by atoms with Crippen molar-refractivity contribution in [2.45, 2.75) is 12.5 Å². The van der Waals surface area contributed by atoms with Crippen molar-refractivity contribution in [3.8, 4) is 11.5 Å². The molecule has 0 bridgehead atoms. The van der Waals surface area contributed by atoms with Crippen LogP contribution in [-0.2, 0) is 6.42 Å². The Bertz CT molecular complexity index is 629. The summed E-state index contributed by atoms with van der Waals surface area (Å²) in [4.78, 5) is 0. The molecule has 2 aromatic carbocycles. The third-order valence-corrected chi connectivity index (χ3v) is 3.23. The first-order chi connectivity index (χ1) is 10.0. The highest BCUT2D eigenvalue weighted by Crippen LogP contribution is 2.31. The first-order valence-electron chi connectivity index (χ1n) is 6.39. The highest BCUT2D eigenvalue weighted by Gasteiger charge is 2.17. The van der Waals surface area contributed by atoms with E-state index in [9.17, 15) is 13.9 Å². The van der Waals surface area contributed by atoms with Crippen LogP contribution in [0.3, 0.4) is 0 Å². The molecular formula is C16H16F2O3. The molecular weight excluding hydrogens is 278 g/mol. The van der Waals surface area contributed by atoms with Crippen molar-refractivity contribution in [3.63, 3.8) is 0 Å². The van der Waals surface area contributed by atoms with Crippen molar-refractivity contribution < 1.29 is 23.4 Å². The van der Waals surface area contributed by atoms with Crippen molar-refractivity contribution in [1.82, 2.24) is 0 Å². The van der Waals surface area contributed by atoms with E-state index >= 15 is 0 Å². The molecule has 2 aromatic rings. The van der Waals surface area contributed by atoms with Crippen LogP contribution in [0, 0.1) is 11.6 Å². The topological polar surface area (TPSA) is 38.7 Å². The Balaban J connectivity index is 2.25. The van der Waals surface area contributed by atoms with E-state index in [1.807, 2.05) is 0 Å². The first-order valence-corrected chi connectivity index (χ1v) is 6.39. The summed E-state index contributed by atoms with van der Waals surface area (Å²) in [6, 6.07) is 8.26. The van der Waals surface area contributed by atoms with Gasteiger partial charge in [-0.2, -0.15) is 0 Å². The summed E-state index contributed by atoms with van der Waals surface area (Å²) in [5.41, 5.74) is 0.754. The molecule has 112 valence electrons. The van der Waals surface area contributed by atoms with E-state index in [-0.39, 0.29) is 12.0 Å². The number of benzene rings is 2. The number of rotatable bonds is 5. The number of hydrogen-bond acceptors (Lipinski definition) is 3. The Hall–Kier alpha value is -2.14. The zero-order valence-electron chi connectivity index (χ0n) is 11.8. The summed E-state index contributed by atoms with van der Waals surface area (Å²) < 4.78 is 36.8. The van der Waals surface area contributed by atoms with Crippen LogP contribution in [-0.4, -0.2) is 19.3 Å². The minimum atomic E-state index is -0.967. The molecule has 1 unspecified atom stereocenters. The quantitative estimate of drug-likeness (QED) is 0.920. The second-order valence-electron chi connectivity index (χ2n) is 4.56. The van der Waals surface area contributed by atoms with Gasteiger partial charge < -0.3 is 14.6 Å². The number of aliphatic hydroxyl groups excluding tert-OH is 1. The fourth-order valence-corrected chi connectivity index (χ4v) is 2.10. The lowest BCUT2D eigenvalue weighted by atomic mass is 10.00. The second-order valence-corrected chi connectivity index (χ2v) is 4.56. The molecule has 0 aliphatic rings. The third kappa shape index (κ3) is 3.49. The standard InChI is InChI=1S/C16H16F2O3/c1-20-12-5-6-13(16(9-12)21-2)15(19)7-10-3-4-11(17)8-14(10)18/h3-6,8-9,15,19H,7H2,1-2H3. The van der Waals surface area contributed by atoms with Crippen LogP contribution >= 0.6 is 0 Å². The summed E-state index contributed by atoms with van der Waals surface area (Å²) in [5.74, 6) is -0.283. The van der Waals surface area contributed by atoms with Crippen molar-refractivity contribution in [2.75, 3.05) is 14.2 Å².